The number of anilines is 1. The zero-order valence-electron chi connectivity index (χ0n) is 20.6. The van der Waals surface area contributed by atoms with Crippen LogP contribution >= 0.6 is 11.3 Å². The number of carbonyl (C=O) groups is 3. The number of rotatable bonds is 6. The molecule has 12 heteroatoms. The molecule has 0 saturated carbocycles. The van der Waals surface area contributed by atoms with Gasteiger partial charge in [0.05, 0.1) is 0 Å². The van der Waals surface area contributed by atoms with Gasteiger partial charge in [-0.3, -0.25) is 14.9 Å². The van der Waals surface area contributed by atoms with Crippen LogP contribution < -0.4 is 10.6 Å². The van der Waals surface area contributed by atoms with Gasteiger partial charge in [-0.2, -0.15) is 13.2 Å². The van der Waals surface area contributed by atoms with Gasteiger partial charge in [0.1, 0.15) is 16.2 Å². The smallest absolute Gasteiger partial charge is 0.324 e. The first kappa shape index (κ1) is 27.5. The van der Waals surface area contributed by atoms with Crippen LogP contribution in [0.1, 0.15) is 47.6 Å². The van der Waals surface area contributed by atoms with Gasteiger partial charge in [-0.15, -0.1) is 0 Å². The van der Waals surface area contributed by atoms with Gasteiger partial charge in [0.25, 0.3) is 5.91 Å². The highest BCUT2D eigenvalue weighted by Gasteiger charge is 2.41. The molecule has 2 atom stereocenters. The number of likely N-dealkylation sites (tertiary alicyclic amines) is 1. The third kappa shape index (κ3) is 6.12. The molecule has 4 rings (SSSR count). The highest BCUT2D eigenvalue weighted by molar-refractivity contribution is 7.18. The Balaban J connectivity index is 1.44. The lowest BCUT2D eigenvalue weighted by molar-refractivity contribution is -0.141. The molecule has 2 heterocycles. The Kier molecular flexibility index (Phi) is 7.73. The van der Waals surface area contributed by atoms with Crippen molar-refractivity contribution < 1.29 is 31.9 Å². The zero-order chi connectivity index (χ0) is 27.7. The summed E-state index contributed by atoms with van der Waals surface area (Å²) in [7, 11) is 0. The quantitative estimate of drug-likeness (QED) is 0.372. The lowest BCUT2D eigenvalue weighted by atomic mass is 9.86. The van der Waals surface area contributed by atoms with Crippen molar-refractivity contribution in [3.05, 3.63) is 70.5 Å². The van der Waals surface area contributed by atoms with E-state index in [-0.39, 0.29) is 5.56 Å². The Morgan fingerprint density at radius 1 is 1.11 bits per heavy atom. The summed E-state index contributed by atoms with van der Waals surface area (Å²) in [5, 5.41) is 4.49. The number of urea groups is 1. The summed E-state index contributed by atoms with van der Waals surface area (Å²) in [6, 6.07) is 3.60. The summed E-state index contributed by atoms with van der Waals surface area (Å²) < 4.78 is 54.1. The third-order valence-electron chi connectivity index (χ3n) is 6.55. The fourth-order valence-corrected chi connectivity index (χ4v) is 5.32. The molecule has 1 fully saturated rings. The van der Waals surface area contributed by atoms with Gasteiger partial charge < -0.3 is 10.2 Å². The highest BCUT2D eigenvalue weighted by atomic mass is 32.1. The predicted molar refractivity (Wildman–Crippen MR) is 134 cm³/mol. The Morgan fingerprint density at radius 2 is 1.82 bits per heavy atom. The van der Waals surface area contributed by atoms with Crippen LogP contribution in [0.15, 0.2) is 48.6 Å². The first-order valence-electron chi connectivity index (χ1n) is 12.0. The summed E-state index contributed by atoms with van der Waals surface area (Å²) in [6.45, 7) is 3.90. The van der Waals surface area contributed by atoms with Crippen LogP contribution in [0.25, 0.3) is 0 Å². The maximum Gasteiger partial charge on any atom is 0.435 e. The molecular weight excluding hydrogens is 524 g/mol. The summed E-state index contributed by atoms with van der Waals surface area (Å²) in [5.74, 6) is -1.81. The summed E-state index contributed by atoms with van der Waals surface area (Å²) in [4.78, 5) is 42.9. The minimum Gasteiger partial charge on any atom is -0.324 e. The van der Waals surface area contributed by atoms with E-state index >= 15 is 0 Å². The number of thiazole rings is 1. The van der Waals surface area contributed by atoms with E-state index in [1.807, 2.05) is 12.2 Å². The molecule has 0 bridgehead atoms. The SMILES string of the molecule is CC(C)(NC(=O)N1CC[C@H](C2C=CC=CC2)C1)C(=O)Nc1nc(C(F)(F)F)c(C(=O)c2ccc(F)cc2)s1. The van der Waals surface area contributed by atoms with Crippen molar-refractivity contribution in [2.24, 2.45) is 11.8 Å². The van der Waals surface area contributed by atoms with E-state index in [0.29, 0.717) is 36.3 Å². The van der Waals surface area contributed by atoms with Gasteiger partial charge in [-0.1, -0.05) is 35.6 Å². The number of carbonyl (C=O) groups excluding carboxylic acids is 3. The number of alkyl halides is 3. The van der Waals surface area contributed by atoms with Crippen molar-refractivity contribution in [2.75, 3.05) is 18.4 Å². The van der Waals surface area contributed by atoms with E-state index in [4.69, 9.17) is 0 Å². The fraction of sp³-hybridized carbons (Fsp3) is 0.385. The number of ketones is 1. The number of aromatic nitrogens is 1. The lowest BCUT2D eigenvalue weighted by Crippen LogP contribution is -2.55. The van der Waals surface area contributed by atoms with E-state index < -0.39 is 51.0 Å². The fourth-order valence-electron chi connectivity index (χ4n) is 4.38. The van der Waals surface area contributed by atoms with Gasteiger partial charge >= 0.3 is 12.2 Å². The second kappa shape index (κ2) is 10.7. The number of halogens is 4. The molecule has 1 aliphatic heterocycles. The minimum atomic E-state index is -4.97. The maximum absolute atomic E-state index is 13.6. The number of benzene rings is 1. The van der Waals surface area contributed by atoms with Gasteiger partial charge in [0.15, 0.2) is 10.8 Å². The first-order valence-corrected chi connectivity index (χ1v) is 12.8. The Bertz CT molecular complexity index is 1280. The molecule has 1 aromatic carbocycles. The Labute approximate surface area is 220 Å². The van der Waals surface area contributed by atoms with E-state index in [1.54, 1.807) is 4.90 Å². The zero-order valence-corrected chi connectivity index (χ0v) is 21.5. The normalized spacial score (nSPS) is 19.5. The summed E-state index contributed by atoms with van der Waals surface area (Å²) >= 11 is 0.357. The van der Waals surface area contributed by atoms with Crippen LogP contribution in [0.5, 0.6) is 0 Å². The molecule has 1 unspecified atom stereocenters. The van der Waals surface area contributed by atoms with E-state index in [9.17, 15) is 31.9 Å². The van der Waals surface area contributed by atoms with E-state index in [2.05, 4.69) is 27.8 Å². The van der Waals surface area contributed by atoms with Crippen LogP contribution in [0.3, 0.4) is 0 Å². The lowest BCUT2D eigenvalue weighted by Gasteiger charge is -2.28. The molecule has 0 spiro atoms. The topological polar surface area (TPSA) is 91.4 Å². The van der Waals surface area contributed by atoms with Crippen molar-refractivity contribution in [3.8, 4) is 0 Å². The number of hydrogen-bond donors (Lipinski definition) is 2. The van der Waals surface area contributed by atoms with Crippen molar-refractivity contribution >= 4 is 34.2 Å². The maximum atomic E-state index is 13.6. The van der Waals surface area contributed by atoms with Gasteiger partial charge in [-0.05, 0) is 62.8 Å². The summed E-state index contributed by atoms with van der Waals surface area (Å²) in [5.41, 5.74) is -3.10. The third-order valence-corrected chi connectivity index (χ3v) is 7.52. The highest BCUT2D eigenvalue weighted by Crippen LogP contribution is 2.37. The average molecular weight is 551 g/mol. The Hall–Kier alpha value is -3.54. The van der Waals surface area contributed by atoms with Crippen molar-refractivity contribution in [1.29, 1.82) is 0 Å². The monoisotopic (exact) mass is 550 g/mol. The van der Waals surface area contributed by atoms with Crippen LogP contribution in [0.2, 0.25) is 0 Å². The van der Waals surface area contributed by atoms with Crippen LogP contribution in [-0.2, 0) is 11.0 Å². The first-order chi connectivity index (χ1) is 17.8. The van der Waals surface area contributed by atoms with Crippen LogP contribution in [-0.4, -0.2) is 46.2 Å². The second-order valence-corrected chi connectivity index (χ2v) is 10.7. The number of allylic oxidation sites excluding steroid dienone is 4. The number of hydrogen-bond acceptors (Lipinski definition) is 5. The standard InChI is InChI=1S/C26H26F4N4O3S/c1-25(2,33-24(37)34-13-12-17(14-34)15-6-4-3-5-7-15)22(36)32-23-31-21(26(28,29)30)20(38-23)19(35)16-8-10-18(27)11-9-16/h3-6,8-11,15,17H,7,12-14H2,1-2H3,(H,33,37)(H,31,32,36)/t15?,17-/m0/s1. The molecule has 2 aromatic rings. The molecule has 3 amide bonds. The van der Waals surface area contributed by atoms with Gasteiger partial charge in [0, 0.05) is 18.7 Å². The molecule has 0 radical (unpaired) electrons. The predicted octanol–water partition coefficient (Wildman–Crippen LogP) is 5.41. The van der Waals surface area contributed by atoms with Crippen molar-refractivity contribution in [1.82, 2.24) is 15.2 Å². The van der Waals surface area contributed by atoms with Crippen LogP contribution in [0, 0.1) is 17.7 Å². The van der Waals surface area contributed by atoms with Crippen molar-refractivity contribution in [2.45, 2.75) is 38.4 Å². The molecule has 1 saturated heterocycles. The Morgan fingerprint density at radius 3 is 2.45 bits per heavy atom. The molecular formula is C26H26F4N4O3S. The largest absolute Gasteiger partial charge is 0.435 e. The molecule has 2 aliphatic rings. The number of nitrogens with one attached hydrogen (secondary N) is 2. The summed E-state index contributed by atoms with van der Waals surface area (Å²) in [6.07, 6.45) is 4.95. The molecule has 1 aliphatic carbocycles. The number of nitrogens with zero attached hydrogens (tertiary/aromatic N) is 2. The van der Waals surface area contributed by atoms with Gasteiger partial charge in [0.2, 0.25) is 5.78 Å². The van der Waals surface area contributed by atoms with Crippen LogP contribution in [0.4, 0.5) is 27.5 Å². The molecule has 38 heavy (non-hydrogen) atoms. The second-order valence-electron chi connectivity index (χ2n) is 9.75. The van der Waals surface area contributed by atoms with E-state index in [0.717, 1.165) is 37.1 Å². The van der Waals surface area contributed by atoms with E-state index in [1.165, 1.54) is 13.8 Å². The van der Waals surface area contributed by atoms with Gasteiger partial charge in [-0.25, -0.2) is 14.2 Å². The number of amides is 3. The average Bonchev–Trinajstić information content (AvgIpc) is 3.52. The molecule has 2 N–H and O–H groups in total. The molecule has 202 valence electrons. The molecule has 7 nitrogen and oxygen atoms in total. The minimum absolute atomic E-state index is 0.158. The van der Waals surface area contributed by atoms with Crippen molar-refractivity contribution in [3.63, 3.8) is 0 Å². The molecule has 1 aromatic heterocycles.